The lowest BCUT2D eigenvalue weighted by Gasteiger charge is -2.04. The van der Waals surface area contributed by atoms with Crippen molar-refractivity contribution in [1.82, 2.24) is 0 Å². The molecule has 3 nitrogen and oxygen atoms in total. The number of furan rings is 1. The molecule has 1 aromatic rings. The number of nitrogens with two attached hydrogens (primary N) is 2. The Morgan fingerprint density at radius 2 is 2.27 bits per heavy atom. The lowest BCUT2D eigenvalue weighted by molar-refractivity contribution is 0.566. The van der Waals surface area contributed by atoms with Crippen molar-refractivity contribution in [2.24, 2.45) is 11.7 Å². The molecule has 0 saturated heterocycles. The molecule has 1 aromatic heterocycles. The number of hydrogen-bond donors (Lipinski definition) is 2. The van der Waals surface area contributed by atoms with Crippen molar-refractivity contribution in [2.75, 3.05) is 5.73 Å². The summed E-state index contributed by atoms with van der Waals surface area (Å²) in [6.45, 7) is 0. The maximum absolute atomic E-state index is 5.90. The molecule has 1 saturated carbocycles. The summed E-state index contributed by atoms with van der Waals surface area (Å²) >= 11 is 0. The summed E-state index contributed by atoms with van der Waals surface area (Å²) in [5.74, 6) is 1.11. The van der Waals surface area contributed by atoms with Crippen LogP contribution < -0.4 is 11.5 Å². The Morgan fingerprint density at radius 3 is 2.73 bits per heavy atom. The minimum Gasteiger partial charge on any atom is -0.449 e. The van der Waals surface area contributed by atoms with Crippen molar-refractivity contribution in [1.29, 1.82) is 0 Å². The van der Waals surface area contributed by atoms with E-state index in [9.17, 15) is 0 Å². The Kier molecular flexibility index (Phi) is 1.39. The van der Waals surface area contributed by atoms with E-state index in [4.69, 9.17) is 15.9 Å². The molecule has 1 unspecified atom stereocenters. The van der Waals surface area contributed by atoms with Gasteiger partial charge in [-0.05, 0) is 18.8 Å². The third-order valence-electron chi connectivity index (χ3n) is 2.15. The van der Waals surface area contributed by atoms with Gasteiger partial charge in [-0.15, -0.1) is 0 Å². The van der Waals surface area contributed by atoms with Crippen LogP contribution in [0.25, 0.3) is 0 Å². The fraction of sp³-hybridized carbons (Fsp3) is 0.500. The van der Waals surface area contributed by atoms with Crippen LogP contribution in [0.3, 0.4) is 0 Å². The molecule has 3 heteroatoms. The van der Waals surface area contributed by atoms with Gasteiger partial charge >= 0.3 is 0 Å². The SMILES string of the molecule is Nc1cc(C(N)C2CC2)co1. The number of nitrogen functional groups attached to an aromatic ring is 1. The molecule has 1 fully saturated rings. The Morgan fingerprint density at radius 1 is 1.55 bits per heavy atom. The van der Waals surface area contributed by atoms with Gasteiger partial charge < -0.3 is 15.9 Å². The van der Waals surface area contributed by atoms with Crippen LogP contribution in [0.15, 0.2) is 16.7 Å². The third-order valence-corrected chi connectivity index (χ3v) is 2.15. The van der Waals surface area contributed by atoms with Gasteiger partial charge in [0.2, 0.25) is 0 Å². The molecular formula is C8H12N2O. The largest absolute Gasteiger partial charge is 0.449 e. The fourth-order valence-electron chi connectivity index (χ4n) is 1.27. The summed E-state index contributed by atoms with van der Waals surface area (Å²) in [5, 5.41) is 0. The lowest BCUT2D eigenvalue weighted by atomic mass is 10.1. The van der Waals surface area contributed by atoms with Gasteiger partial charge in [-0.25, -0.2) is 0 Å². The van der Waals surface area contributed by atoms with Gasteiger partial charge in [0, 0.05) is 17.7 Å². The molecule has 2 rings (SSSR count). The van der Waals surface area contributed by atoms with Crippen LogP contribution in [0, 0.1) is 5.92 Å². The maximum atomic E-state index is 5.90. The summed E-state index contributed by atoms with van der Waals surface area (Å²) in [6, 6.07) is 1.94. The second-order valence-corrected chi connectivity index (χ2v) is 3.15. The molecular weight excluding hydrogens is 140 g/mol. The van der Waals surface area contributed by atoms with E-state index in [0.717, 1.165) is 5.56 Å². The Labute approximate surface area is 65.4 Å². The highest BCUT2D eigenvalue weighted by Crippen LogP contribution is 2.39. The molecule has 0 bridgehead atoms. The third kappa shape index (κ3) is 1.24. The molecule has 0 spiro atoms. The second kappa shape index (κ2) is 2.27. The summed E-state index contributed by atoms with van der Waals surface area (Å²) in [5.41, 5.74) is 12.3. The normalized spacial score (nSPS) is 20.1. The van der Waals surface area contributed by atoms with Crippen molar-refractivity contribution in [3.05, 3.63) is 17.9 Å². The average Bonchev–Trinajstić information content (AvgIpc) is 2.74. The minimum atomic E-state index is 0.135. The molecule has 0 aromatic carbocycles. The molecule has 1 heterocycles. The highest BCUT2D eigenvalue weighted by Gasteiger charge is 2.30. The van der Waals surface area contributed by atoms with Crippen LogP contribution in [0.1, 0.15) is 24.4 Å². The van der Waals surface area contributed by atoms with Gasteiger partial charge in [-0.2, -0.15) is 0 Å². The molecule has 1 aliphatic carbocycles. The van der Waals surface area contributed by atoms with E-state index in [1.807, 2.05) is 6.07 Å². The highest BCUT2D eigenvalue weighted by atomic mass is 16.3. The zero-order valence-electron chi connectivity index (χ0n) is 6.29. The average molecular weight is 152 g/mol. The molecule has 4 N–H and O–H groups in total. The second-order valence-electron chi connectivity index (χ2n) is 3.15. The first-order valence-corrected chi connectivity index (χ1v) is 3.87. The van der Waals surface area contributed by atoms with Crippen LogP contribution in [0.2, 0.25) is 0 Å². The predicted molar refractivity (Wildman–Crippen MR) is 42.8 cm³/mol. The molecule has 60 valence electrons. The zero-order valence-corrected chi connectivity index (χ0v) is 6.29. The quantitative estimate of drug-likeness (QED) is 0.670. The maximum Gasteiger partial charge on any atom is 0.190 e. The molecule has 0 amide bonds. The first-order valence-electron chi connectivity index (χ1n) is 3.87. The fourth-order valence-corrected chi connectivity index (χ4v) is 1.27. The first kappa shape index (κ1) is 6.73. The van der Waals surface area contributed by atoms with Crippen molar-refractivity contribution < 1.29 is 4.42 Å². The Bertz CT molecular complexity index is 252. The molecule has 0 radical (unpaired) electrons. The van der Waals surface area contributed by atoms with Crippen molar-refractivity contribution >= 4 is 5.88 Å². The van der Waals surface area contributed by atoms with E-state index in [-0.39, 0.29) is 6.04 Å². The molecule has 1 aliphatic rings. The number of hydrogen-bond acceptors (Lipinski definition) is 3. The topological polar surface area (TPSA) is 65.2 Å². The minimum absolute atomic E-state index is 0.135. The smallest absolute Gasteiger partial charge is 0.190 e. The Hall–Kier alpha value is -0.960. The predicted octanol–water partition coefficient (Wildman–Crippen LogP) is 1.27. The van der Waals surface area contributed by atoms with Gasteiger partial charge in [0.15, 0.2) is 5.88 Å². The van der Waals surface area contributed by atoms with Gasteiger partial charge in [-0.3, -0.25) is 0 Å². The van der Waals surface area contributed by atoms with E-state index >= 15 is 0 Å². The van der Waals surface area contributed by atoms with Gasteiger partial charge in [0.05, 0.1) is 6.26 Å². The van der Waals surface area contributed by atoms with Crippen LogP contribution in [0.4, 0.5) is 5.88 Å². The van der Waals surface area contributed by atoms with E-state index in [1.54, 1.807) is 6.26 Å². The highest BCUT2D eigenvalue weighted by molar-refractivity contribution is 5.31. The van der Waals surface area contributed by atoms with E-state index in [0.29, 0.717) is 11.8 Å². The number of rotatable bonds is 2. The zero-order chi connectivity index (χ0) is 7.84. The monoisotopic (exact) mass is 152 g/mol. The number of anilines is 1. The van der Waals surface area contributed by atoms with Crippen molar-refractivity contribution in [3.63, 3.8) is 0 Å². The van der Waals surface area contributed by atoms with Crippen LogP contribution in [-0.4, -0.2) is 0 Å². The summed E-state index contributed by atoms with van der Waals surface area (Å²) in [4.78, 5) is 0. The van der Waals surface area contributed by atoms with Gasteiger partial charge in [0.1, 0.15) is 0 Å². The molecule has 11 heavy (non-hydrogen) atoms. The van der Waals surface area contributed by atoms with Crippen LogP contribution >= 0.6 is 0 Å². The van der Waals surface area contributed by atoms with E-state index in [1.165, 1.54) is 12.8 Å². The van der Waals surface area contributed by atoms with Crippen molar-refractivity contribution in [3.8, 4) is 0 Å². The standard InChI is InChI=1S/C8H12N2O/c9-7-3-6(4-11-7)8(10)5-1-2-5/h3-5,8H,1-2,9-10H2. The summed E-state index contributed by atoms with van der Waals surface area (Å²) in [6.07, 6.45) is 4.14. The first-order chi connectivity index (χ1) is 5.27. The van der Waals surface area contributed by atoms with Gasteiger partial charge in [0.25, 0.3) is 0 Å². The van der Waals surface area contributed by atoms with Crippen LogP contribution in [0.5, 0.6) is 0 Å². The van der Waals surface area contributed by atoms with E-state index in [2.05, 4.69) is 0 Å². The molecule has 0 aliphatic heterocycles. The lowest BCUT2D eigenvalue weighted by Crippen LogP contribution is -2.10. The van der Waals surface area contributed by atoms with Gasteiger partial charge in [-0.1, -0.05) is 0 Å². The molecule has 1 atom stereocenters. The summed E-state index contributed by atoms with van der Waals surface area (Å²) < 4.78 is 4.96. The van der Waals surface area contributed by atoms with E-state index < -0.39 is 0 Å². The summed E-state index contributed by atoms with van der Waals surface area (Å²) in [7, 11) is 0. The Balaban J connectivity index is 2.14. The van der Waals surface area contributed by atoms with Crippen LogP contribution in [-0.2, 0) is 0 Å². The van der Waals surface area contributed by atoms with Crippen molar-refractivity contribution in [2.45, 2.75) is 18.9 Å².